The van der Waals surface area contributed by atoms with Crippen LogP contribution in [0.3, 0.4) is 0 Å². The third kappa shape index (κ3) is 5.98. The normalized spacial score (nSPS) is 9.42. The van der Waals surface area contributed by atoms with Crippen LogP contribution in [0.4, 0.5) is 0 Å². The number of rotatable bonds is 8. The monoisotopic (exact) mass is 168 g/mol. The van der Waals surface area contributed by atoms with E-state index in [2.05, 4.69) is 18.1 Å². The maximum absolute atomic E-state index is 5.41. The Labute approximate surface area is 75.7 Å². The third-order valence-corrected chi connectivity index (χ3v) is 1.76. The number of unbranched alkanes of at least 4 members (excludes halogenated alkanes) is 1. The van der Waals surface area contributed by atoms with Crippen LogP contribution in [0.25, 0.3) is 0 Å². The Morgan fingerprint density at radius 3 is 2.33 bits per heavy atom. The summed E-state index contributed by atoms with van der Waals surface area (Å²) in [7, 11) is 0. The van der Waals surface area contributed by atoms with Crippen molar-refractivity contribution in [2.45, 2.75) is 19.3 Å². The molecule has 0 radical (unpaired) electrons. The second-order valence-electron chi connectivity index (χ2n) is 2.79. The Hall–Kier alpha value is -0.760. The van der Waals surface area contributed by atoms with E-state index in [4.69, 9.17) is 5.73 Å². The SMILES string of the molecule is C=CCCCN(C=C)CCCN. The fraction of sp³-hybridized carbons (Fsp3) is 0.600. The van der Waals surface area contributed by atoms with Gasteiger partial charge in [0.05, 0.1) is 0 Å². The Balaban J connectivity index is 3.38. The molecular weight excluding hydrogens is 148 g/mol. The minimum absolute atomic E-state index is 0.756. The van der Waals surface area contributed by atoms with Gasteiger partial charge in [0.1, 0.15) is 0 Å². The highest BCUT2D eigenvalue weighted by Gasteiger charge is 1.95. The second kappa shape index (κ2) is 8.34. The van der Waals surface area contributed by atoms with Crippen molar-refractivity contribution in [1.82, 2.24) is 4.90 Å². The molecule has 0 aromatic heterocycles. The summed E-state index contributed by atoms with van der Waals surface area (Å²) in [5, 5.41) is 0. The Bertz CT molecular complexity index is 121. The first-order valence-corrected chi connectivity index (χ1v) is 4.52. The standard InChI is InChI=1S/C10H20N2/c1-3-5-6-9-12(4-2)10-7-8-11/h3-4H,1-2,5-11H2. The van der Waals surface area contributed by atoms with E-state index in [0.29, 0.717) is 0 Å². The Morgan fingerprint density at radius 1 is 1.17 bits per heavy atom. The van der Waals surface area contributed by atoms with Gasteiger partial charge in [-0.05, 0) is 32.0 Å². The minimum atomic E-state index is 0.756. The van der Waals surface area contributed by atoms with E-state index in [0.717, 1.165) is 38.9 Å². The predicted octanol–water partition coefficient (Wildman–Crippen LogP) is 1.75. The zero-order valence-electron chi connectivity index (χ0n) is 7.84. The molecule has 0 heterocycles. The molecule has 0 spiro atoms. The first kappa shape index (κ1) is 11.2. The van der Waals surface area contributed by atoms with E-state index >= 15 is 0 Å². The molecular formula is C10H20N2. The summed E-state index contributed by atoms with van der Waals surface area (Å²) < 4.78 is 0. The predicted molar refractivity (Wildman–Crippen MR) is 54.9 cm³/mol. The van der Waals surface area contributed by atoms with Gasteiger partial charge in [-0.2, -0.15) is 0 Å². The number of allylic oxidation sites excluding steroid dienone is 1. The van der Waals surface area contributed by atoms with Crippen molar-refractivity contribution in [3.8, 4) is 0 Å². The van der Waals surface area contributed by atoms with E-state index in [1.54, 1.807) is 0 Å². The van der Waals surface area contributed by atoms with Crippen LogP contribution >= 0.6 is 0 Å². The molecule has 0 aromatic rings. The molecule has 0 rings (SSSR count). The molecule has 2 heteroatoms. The van der Waals surface area contributed by atoms with Gasteiger partial charge >= 0.3 is 0 Å². The number of nitrogens with zero attached hydrogens (tertiary/aromatic N) is 1. The lowest BCUT2D eigenvalue weighted by Gasteiger charge is -2.18. The van der Waals surface area contributed by atoms with Gasteiger partial charge < -0.3 is 10.6 Å². The van der Waals surface area contributed by atoms with E-state index in [1.807, 2.05) is 12.3 Å². The first-order chi connectivity index (χ1) is 5.85. The quantitative estimate of drug-likeness (QED) is 0.442. The van der Waals surface area contributed by atoms with Gasteiger partial charge in [0, 0.05) is 13.1 Å². The second-order valence-corrected chi connectivity index (χ2v) is 2.79. The molecule has 0 aromatic carbocycles. The topological polar surface area (TPSA) is 29.3 Å². The van der Waals surface area contributed by atoms with Crippen molar-refractivity contribution in [1.29, 1.82) is 0 Å². The maximum Gasteiger partial charge on any atom is 0.0184 e. The van der Waals surface area contributed by atoms with Crippen LogP contribution in [0.5, 0.6) is 0 Å². The van der Waals surface area contributed by atoms with E-state index in [9.17, 15) is 0 Å². The van der Waals surface area contributed by atoms with Crippen LogP contribution in [0.2, 0.25) is 0 Å². The van der Waals surface area contributed by atoms with Gasteiger partial charge in [-0.1, -0.05) is 12.7 Å². The minimum Gasteiger partial charge on any atom is -0.378 e. The molecule has 0 aliphatic heterocycles. The number of hydrogen-bond acceptors (Lipinski definition) is 2. The molecule has 12 heavy (non-hydrogen) atoms. The summed E-state index contributed by atoms with van der Waals surface area (Å²) in [5.41, 5.74) is 5.41. The largest absolute Gasteiger partial charge is 0.378 e. The van der Waals surface area contributed by atoms with Crippen LogP contribution in [0.15, 0.2) is 25.4 Å². The summed E-state index contributed by atoms with van der Waals surface area (Å²) >= 11 is 0. The van der Waals surface area contributed by atoms with Gasteiger partial charge in [-0.25, -0.2) is 0 Å². The van der Waals surface area contributed by atoms with Crippen molar-refractivity contribution < 1.29 is 0 Å². The molecule has 0 atom stereocenters. The van der Waals surface area contributed by atoms with Crippen molar-refractivity contribution in [2.24, 2.45) is 5.73 Å². The molecule has 0 saturated heterocycles. The van der Waals surface area contributed by atoms with Gasteiger partial charge in [-0.3, -0.25) is 0 Å². The van der Waals surface area contributed by atoms with E-state index < -0.39 is 0 Å². The highest BCUT2D eigenvalue weighted by Crippen LogP contribution is 1.97. The lowest BCUT2D eigenvalue weighted by atomic mass is 10.3. The van der Waals surface area contributed by atoms with E-state index in [1.165, 1.54) is 0 Å². The Morgan fingerprint density at radius 2 is 1.83 bits per heavy atom. The van der Waals surface area contributed by atoms with Gasteiger partial charge in [0.25, 0.3) is 0 Å². The molecule has 0 bridgehead atoms. The Kier molecular flexibility index (Phi) is 7.81. The van der Waals surface area contributed by atoms with Gasteiger partial charge in [-0.15, -0.1) is 6.58 Å². The average molecular weight is 168 g/mol. The van der Waals surface area contributed by atoms with Crippen molar-refractivity contribution in [2.75, 3.05) is 19.6 Å². The fourth-order valence-corrected chi connectivity index (χ4v) is 1.03. The third-order valence-electron chi connectivity index (χ3n) is 1.76. The highest BCUT2D eigenvalue weighted by molar-refractivity contribution is 4.73. The molecule has 0 aliphatic rings. The lowest BCUT2D eigenvalue weighted by molar-refractivity contribution is 0.367. The van der Waals surface area contributed by atoms with Crippen LogP contribution in [-0.4, -0.2) is 24.5 Å². The van der Waals surface area contributed by atoms with Gasteiger partial charge in [0.15, 0.2) is 0 Å². The average Bonchev–Trinajstić information content (AvgIpc) is 2.11. The molecule has 2 nitrogen and oxygen atoms in total. The zero-order chi connectivity index (χ0) is 9.23. The molecule has 0 fully saturated rings. The molecule has 0 aliphatic carbocycles. The van der Waals surface area contributed by atoms with Gasteiger partial charge in [0.2, 0.25) is 0 Å². The number of hydrogen-bond donors (Lipinski definition) is 1. The first-order valence-electron chi connectivity index (χ1n) is 4.52. The summed E-state index contributed by atoms with van der Waals surface area (Å²) in [5.74, 6) is 0. The van der Waals surface area contributed by atoms with Crippen molar-refractivity contribution in [3.05, 3.63) is 25.4 Å². The van der Waals surface area contributed by atoms with Crippen molar-refractivity contribution in [3.63, 3.8) is 0 Å². The fourth-order valence-electron chi connectivity index (χ4n) is 1.03. The van der Waals surface area contributed by atoms with Crippen LogP contribution in [0, 0.1) is 0 Å². The zero-order valence-corrected chi connectivity index (χ0v) is 7.84. The molecule has 0 saturated carbocycles. The van der Waals surface area contributed by atoms with Crippen LogP contribution in [-0.2, 0) is 0 Å². The van der Waals surface area contributed by atoms with Crippen molar-refractivity contribution >= 4 is 0 Å². The molecule has 70 valence electrons. The molecule has 0 amide bonds. The summed E-state index contributed by atoms with van der Waals surface area (Å²) in [6.45, 7) is 10.3. The smallest absolute Gasteiger partial charge is 0.0184 e. The summed E-state index contributed by atoms with van der Waals surface area (Å²) in [6, 6.07) is 0. The maximum atomic E-state index is 5.41. The van der Waals surface area contributed by atoms with E-state index in [-0.39, 0.29) is 0 Å². The van der Waals surface area contributed by atoms with Crippen LogP contribution < -0.4 is 5.73 Å². The van der Waals surface area contributed by atoms with Crippen LogP contribution in [0.1, 0.15) is 19.3 Å². The lowest BCUT2D eigenvalue weighted by Crippen LogP contribution is -2.21. The summed E-state index contributed by atoms with van der Waals surface area (Å²) in [4.78, 5) is 2.20. The summed E-state index contributed by atoms with van der Waals surface area (Å²) in [6.07, 6.45) is 7.11. The molecule has 0 unspecified atom stereocenters. The highest BCUT2D eigenvalue weighted by atomic mass is 15.1. The molecule has 2 N–H and O–H groups in total. The number of nitrogens with two attached hydrogens (primary N) is 1.